The summed E-state index contributed by atoms with van der Waals surface area (Å²) in [6.45, 7) is 0. The highest BCUT2D eigenvalue weighted by Gasteiger charge is 2.27. The van der Waals surface area contributed by atoms with Crippen molar-refractivity contribution in [2.75, 3.05) is 11.5 Å². The van der Waals surface area contributed by atoms with Crippen LogP contribution in [-0.4, -0.2) is 33.3 Å². The molecule has 1 rings (SSSR count). The van der Waals surface area contributed by atoms with Crippen molar-refractivity contribution in [1.82, 2.24) is 0 Å². The molecule has 1 aromatic carbocycles. The van der Waals surface area contributed by atoms with E-state index in [0.717, 1.165) is 6.07 Å². The molecule has 8 nitrogen and oxygen atoms in total. The molecule has 0 bridgehead atoms. The molecule has 0 aliphatic heterocycles. The molecule has 0 radical (unpaired) electrons. The first kappa shape index (κ1) is 15.5. The number of halogens is 1. The fraction of sp³-hybridized carbons (Fsp3) is 0.250. The van der Waals surface area contributed by atoms with Gasteiger partial charge in [-0.2, -0.15) is 0 Å². The Hall–Kier alpha value is -1.59. The molecule has 0 saturated heterocycles. The van der Waals surface area contributed by atoms with Crippen molar-refractivity contribution in [3.8, 4) is 0 Å². The Labute approximate surface area is 108 Å². The van der Waals surface area contributed by atoms with Gasteiger partial charge in [-0.25, -0.2) is 26.4 Å². The standard InChI is InChI=1S/C8H9FN2O6S2/c9-6-1-2-8(7(5-6)11(12)13)18(14,15)3-4-19(10,16)17/h1-2,5H,3-4H2,(H2,10,16,17). The zero-order chi connectivity index (χ0) is 14.8. The summed E-state index contributed by atoms with van der Waals surface area (Å²) < 4.78 is 57.8. The van der Waals surface area contributed by atoms with Crippen molar-refractivity contribution in [3.05, 3.63) is 34.1 Å². The number of sulfone groups is 1. The fourth-order valence-corrected chi connectivity index (χ4v) is 3.99. The number of nitro benzene ring substituents is 1. The van der Waals surface area contributed by atoms with Crippen molar-refractivity contribution >= 4 is 25.5 Å². The zero-order valence-corrected chi connectivity index (χ0v) is 10.9. The molecule has 2 N–H and O–H groups in total. The van der Waals surface area contributed by atoms with E-state index in [-0.39, 0.29) is 0 Å². The Kier molecular flexibility index (Phi) is 4.22. The zero-order valence-electron chi connectivity index (χ0n) is 9.31. The summed E-state index contributed by atoms with van der Waals surface area (Å²) >= 11 is 0. The Morgan fingerprint density at radius 2 is 1.79 bits per heavy atom. The second-order valence-electron chi connectivity index (χ2n) is 3.56. The average molecular weight is 312 g/mol. The minimum atomic E-state index is -4.25. The number of hydrogen-bond acceptors (Lipinski definition) is 6. The molecule has 0 aliphatic carbocycles. The van der Waals surface area contributed by atoms with Gasteiger partial charge in [0, 0.05) is 0 Å². The molecule has 19 heavy (non-hydrogen) atoms. The van der Waals surface area contributed by atoms with E-state index in [1.54, 1.807) is 0 Å². The van der Waals surface area contributed by atoms with Crippen LogP contribution in [0.3, 0.4) is 0 Å². The van der Waals surface area contributed by atoms with Crippen LogP contribution >= 0.6 is 0 Å². The van der Waals surface area contributed by atoms with Gasteiger partial charge >= 0.3 is 0 Å². The van der Waals surface area contributed by atoms with Crippen LogP contribution in [0.4, 0.5) is 10.1 Å². The molecule has 0 unspecified atom stereocenters. The van der Waals surface area contributed by atoms with Crippen LogP contribution in [-0.2, 0) is 19.9 Å². The minimum Gasteiger partial charge on any atom is -0.258 e. The summed E-state index contributed by atoms with van der Waals surface area (Å²) in [5, 5.41) is 15.3. The van der Waals surface area contributed by atoms with Gasteiger partial charge in [-0.1, -0.05) is 0 Å². The third-order valence-electron chi connectivity index (χ3n) is 2.09. The lowest BCUT2D eigenvalue weighted by atomic mass is 10.3. The van der Waals surface area contributed by atoms with E-state index in [4.69, 9.17) is 0 Å². The lowest BCUT2D eigenvalue weighted by Crippen LogP contribution is -2.23. The van der Waals surface area contributed by atoms with Crippen LogP contribution in [0.2, 0.25) is 0 Å². The summed E-state index contributed by atoms with van der Waals surface area (Å²) in [6.07, 6.45) is 0. The predicted octanol–water partition coefficient (Wildman–Crippen LogP) is -0.204. The number of primary sulfonamides is 1. The van der Waals surface area contributed by atoms with Crippen molar-refractivity contribution in [2.45, 2.75) is 4.90 Å². The maximum Gasteiger partial charge on any atom is 0.290 e. The monoisotopic (exact) mass is 312 g/mol. The topological polar surface area (TPSA) is 137 Å². The van der Waals surface area contributed by atoms with E-state index in [9.17, 15) is 31.3 Å². The van der Waals surface area contributed by atoms with Gasteiger partial charge in [0.15, 0.2) is 9.84 Å². The van der Waals surface area contributed by atoms with E-state index in [1.807, 2.05) is 0 Å². The van der Waals surface area contributed by atoms with Crippen LogP contribution in [0.25, 0.3) is 0 Å². The van der Waals surface area contributed by atoms with Crippen LogP contribution in [0, 0.1) is 15.9 Å². The molecule has 0 amide bonds. The lowest BCUT2D eigenvalue weighted by Gasteiger charge is -2.04. The first-order valence-corrected chi connectivity index (χ1v) is 8.07. The number of nitrogens with zero attached hydrogens (tertiary/aromatic N) is 1. The van der Waals surface area contributed by atoms with Gasteiger partial charge in [0.05, 0.1) is 22.5 Å². The van der Waals surface area contributed by atoms with Crippen LogP contribution < -0.4 is 5.14 Å². The van der Waals surface area contributed by atoms with Gasteiger partial charge in [-0.15, -0.1) is 0 Å². The fourth-order valence-electron chi connectivity index (χ4n) is 1.23. The number of hydrogen-bond donors (Lipinski definition) is 1. The SMILES string of the molecule is NS(=O)(=O)CCS(=O)(=O)c1ccc(F)cc1[N+](=O)[O-]. The van der Waals surface area contributed by atoms with Crippen molar-refractivity contribution in [1.29, 1.82) is 0 Å². The highest BCUT2D eigenvalue weighted by Crippen LogP contribution is 2.25. The number of benzene rings is 1. The normalized spacial score (nSPS) is 12.3. The molecule has 1 aromatic rings. The maximum absolute atomic E-state index is 12.9. The molecule has 11 heteroatoms. The van der Waals surface area contributed by atoms with E-state index < -0.39 is 52.7 Å². The summed E-state index contributed by atoms with van der Waals surface area (Å²) in [4.78, 5) is 8.84. The van der Waals surface area contributed by atoms with Gasteiger partial charge in [0.2, 0.25) is 10.0 Å². The molecule has 0 aromatic heterocycles. The third-order valence-corrected chi connectivity index (χ3v) is 4.88. The molecule has 0 heterocycles. The Morgan fingerprint density at radius 3 is 2.26 bits per heavy atom. The van der Waals surface area contributed by atoms with E-state index in [0.29, 0.717) is 12.1 Å². The van der Waals surface area contributed by atoms with Gasteiger partial charge in [-0.3, -0.25) is 10.1 Å². The van der Waals surface area contributed by atoms with Crippen molar-refractivity contribution in [3.63, 3.8) is 0 Å². The number of nitrogens with two attached hydrogens (primary N) is 1. The summed E-state index contributed by atoms with van der Waals surface area (Å²) in [6, 6.07) is 1.90. The molecule has 0 atom stereocenters. The number of sulfonamides is 1. The van der Waals surface area contributed by atoms with E-state index in [1.165, 1.54) is 0 Å². The molecular weight excluding hydrogens is 303 g/mol. The first-order valence-electron chi connectivity index (χ1n) is 4.70. The highest BCUT2D eigenvalue weighted by atomic mass is 32.2. The smallest absolute Gasteiger partial charge is 0.258 e. The molecule has 0 spiro atoms. The summed E-state index contributed by atoms with van der Waals surface area (Å²) in [5.41, 5.74) is -0.950. The number of rotatable bonds is 5. The van der Waals surface area contributed by atoms with Gasteiger partial charge in [0.1, 0.15) is 10.7 Å². The van der Waals surface area contributed by atoms with Gasteiger partial charge in [-0.05, 0) is 12.1 Å². The highest BCUT2D eigenvalue weighted by molar-refractivity contribution is 7.94. The Balaban J connectivity index is 3.25. The van der Waals surface area contributed by atoms with Crippen LogP contribution in [0.5, 0.6) is 0 Å². The second kappa shape index (κ2) is 5.19. The lowest BCUT2D eigenvalue weighted by molar-refractivity contribution is -0.388. The first-order chi connectivity index (χ1) is 8.53. The quantitative estimate of drug-likeness (QED) is 0.454. The minimum absolute atomic E-state index is 0.448. The van der Waals surface area contributed by atoms with Gasteiger partial charge < -0.3 is 0 Å². The maximum atomic E-state index is 12.9. The predicted molar refractivity (Wildman–Crippen MR) is 63.1 cm³/mol. The average Bonchev–Trinajstić information content (AvgIpc) is 2.25. The molecule has 0 aliphatic rings. The third kappa shape index (κ3) is 4.22. The molecular formula is C8H9FN2O6S2. The molecule has 0 saturated carbocycles. The Bertz CT molecular complexity index is 713. The number of nitro groups is 1. The van der Waals surface area contributed by atoms with Crippen LogP contribution in [0.1, 0.15) is 0 Å². The van der Waals surface area contributed by atoms with E-state index >= 15 is 0 Å². The van der Waals surface area contributed by atoms with Crippen molar-refractivity contribution < 1.29 is 26.1 Å². The van der Waals surface area contributed by atoms with Gasteiger partial charge in [0.25, 0.3) is 5.69 Å². The van der Waals surface area contributed by atoms with Crippen LogP contribution in [0.15, 0.2) is 23.1 Å². The summed E-state index contributed by atoms with van der Waals surface area (Å²) in [5.74, 6) is -2.78. The molecule has 106 valence electrons. The van der Waals surface area contributed by atoms with E-state index in [2.05, 4.69) is 5.14 Å². The Morgan fingerprint density at radius 1 is 1.21 bits per heavy atom. The largest absolute Gasteiger partial charge is 0.290 e. The second-order valence-corrected chi connectivity index (χ2v) is 7.37. The molecule has 0 fully saturated rings. The van der Waals surface area contributed by atoms with Crippen molar-refractivity contribution in [2.24, 2.45) is 5.14 Å². The summed E-state index contributed by atoms with van der Waals surface area (Å²) in [7, 11) is -8.28.